The first-order valence-electron chi connectivity index (χ1n) is 5.73. The van der Waals surface area contributed by atoms with Crippen LogP contribution < -0.4 is 0 Å². The maximum Gasteiger partial charge on any atom is 0.123 e. The predicted molar refractivity (Wildman–Crippen MR) is 66.3 cm³/mol. The van der Waals surface area contributed by atoms with Crippen LogP contribution >= 0.6 is 0 Å². The van der Waals surface area contributed by atoms with Crippen LogP contribution in [-0.2, 0) is 6.42 Å². The van der Waals surface area contributed by atoms with Crippen LogP contribution in [0, 0.1) is 5.82 Å². The van der Waals surface area contributed by atoms with Gasteiger partial charge in [-0.25, -0.2) is 4.39 Å². The number of aliphatic hydroxyl groups is 1. The monoisotopic (exact) mass is 230 g/mol. The SMILES string of the molecule is CCc1ccccc1C(O)c1ccc(F)cc1. The quantitative estimate of drug-likeness (QED) is 0.856. The van der Waals surface area contributed by atoms with Crippen molar-refractivity contribution in [2.75, 3.05) is 0 Å². The Bertz CT molecular complexity index is 491. The molecule has 88 valence electrons. The third-order valence-electron chi connectivity index (χ3n) is 2.92. The van der Waals surface area contributed by atoms with Crippen LogP contribution in [0.2, 0.25) is 0 Å². The van der Waals surface area contributed by atoms with E-state index < -0.39 is 6.10 Å². The van der Waals surface area contributed by atoms with E-state index >= 15 is 0 Å². The fraction of sp³-hybridized carbons (Fsp3) is 0.200. The third kappa shape index (κ3) is 2.53. The summed E-state index contributed by atoms with van der Waals surface area (Å²) >= 11 is 0. The van der Waals surface area contributed by atoms with Crippen molar-refractivity contribution in [1.29, 1.82) is 0 Å². The highest BCUT2D eigenvalue weighted by Gasteiger charge is 2.13. The van der Waals surface area contributed by atoms with Crippen LogP contribution in [0.3, 0.4) is 0 Å². The second kappa shape index (κ2) is 5.11. The van der Waals surface area contributed by atoms with Crippen molar-refractivity contribution in [2.45, 2.75) is 19.4 Å². The Balaban J connectivity index is 2.36. The van der Waals surface area contributed by atoms with Crippen molar-refractivity contribution in [3.05, 3.63) is 71.0 Å². The number of aryl methyl sites for hydroxylation is 1. The van der Waals surface area contributed by atoms with Crippen LogP contribution in [0.1, 0.15) is 29.7 Å². The Morgan fingerprint density at radius 3 is 2.35 bits per heavy atom. The van der Waals surface area contributed by atoms with Crippen LogP contribution in [-0.4, -0.2) is 5.11 Å². The second-order valence-electron chi connectivity index (χ2n) is 4.01. The average molecular weight is 230 g/mol. The molecule has 0 amide bonds. The molecule has 0 saturated heterocycles. The minimum atomic E-state index is -0.688. The van der Waals surface area contributed by atoms with E-state index in [4.69, 9.17) is 0 Å². The van der Waals surface area contributed by atoms with E-state index in [0.29, 0.717) is 5.56 Å². The lowest BCUT2D eigenvalue weighted by Gasteiger charge is -2.15. The molecule has 0 heterocycles. The Hall–Kier alpha value is -1.67. The average Bonchev–Trinajstić information content (AvgIpc) is 2.39. The van der Waals surface area contributed by atoms with Crippen molar-refractivity contribution in [1.82, 2.24) is 0 Å². The molecule has 0 bridgehead atoms. The fourth-order valence-corrected chi connectivity index (χ4v) is 1.95. The molecular weight excluding hydrogens is 215 g/mol. The summed E-state index contributed by atoms with van der Waals surface area (Å²) in [6.45, 7) is 2.05. The van der Waals surface area contributed by atoms with Gasteiger partial charge in [-0.3, -0.25) is 0 Å². The largest absolute Gasteiger partial charge is 0.384 e. The molecule has 2 aromatic carbocycles. The van der Waals surface area contributed by atoms with E-state index in [2.05, 4.69) is 6.92 Å². The lowest BCUT2D eigenvalue weighted by atomic mass is 9.96. The molecule has 0 radical (unpaired) electrons. The fourth-order valence-electron chi connectivity index (χ4n) is 1.95. The first-order chi connectivity index (χ1) is 8.22. The number of hydrogen-bond acceptors (Lipinski definition) is 1. The highest BCUT2D eigenvalue weighted by Crippen LogP contribution is 2.25. The van der Waals surface area contributed by atoms with E-state index in [-0.39, 0.29) is 5.82 Å². The highest BCUT2D eigenvalue weighted by molar-refractivity contribution is 5.35. The number of aliphatic hydroxyl groups excluding tert-OH is 1. The van der Waals surface area contributed by atoms with Crippen LogP contribution in [0.25, 0.3) is 0 Å². The van der Waals surface area contributed by atoms with Crippen molar-refractivity contribution in [3.8, 4) is 0 Å². The summed E-state index contributed by atoms with van der Waals surface area (Å²) in [6.07, 6.45) is 0.181. The topological polar surface area (TPSA) is 20.2 Å². The van der Waals surface area contributed by atoms with Gasteiger partial charge in [-0.15, -0.1) is 0 Å². The molecule has 1 unspecified atom stereocenters. The van der Waals surface area contributed by atoms with Crippen LogP contribution in [0.15, 0.2) is 48.5 Å². The van der Waals surface area contributed by atoms with Crippen LogP contribution in [0.5, 0.6) is 0 Å². The summed E-state index contributed by atoms with van der Waals surface area (Å²) < 4.78 is 12.8. The van der Waals surface area contributed by atoms with Crippen molar-refractivity contribution < 1.29 is 9.50 Å². The molecule has 2 aromatic rings. The molecule has 0 aliphatic carbocycles. The molecule has 0 spiro atoms. The van der Waals surface area contributed by atoms with E-state index in [1.54, 1.807) is 12.1 Å². The van der Waals surface area contributed by atoms with Gasteiger partial charge in [0.2, 0.25) is 0 Å². The van der Waals surface area contributed by atoms with Gasteiger partial charge < -0.3 is 5.11 Å². The maximum atomic E-state index is 12.8. The number of rotatable bonds is 3. The van der Waals surface area contributed by atoms with Gasteiger partial charge in [0.25, 0.3) is 0 Å². The lowest BCUT2D eigenvalue weighted by Crippen LogP contribution is -2.03. The molecule has 17 heavy (non-hydrogen) atoms. The van der Waals surface area contributed by atoms with E-state index in [9.17, 15) is 9.50 Å². The second-order valence-corrected chi connectivity index (χ2v) is 4.01. The Morgan fingerprint density at radius 1 is 1.06 bits per heavy atom. The van der Waals surface area contributed by atoms with Gasteiger partial charge in [0.15, 0.2) is 0 Å². The smallest absolute Gasteiger partial charge is 0.123 e. The molecule has 0 fully saturated rings. The van der Waals surface area contributed by atoms with Gasteiger partial charge >= 0.3 is 0 Å². The summed E-state index contributed by atoms with van der Waals surface area (Å²) in [5.41, 5.74) is 2.72. The van der Waals surface area contributed by atoms with Crippen molar-refractivity contribution in [2.24, 2.45) is 0 Å². The molecule has 1 atom stereocenters. The normalized spacial score (nSPS) is 12.4. The molecule has 1 N–H and O–H groups in total. The summed E-state index contributed by atoms with van der Waals surface area (Å²) in [5, 5.41) is 10.3. The minimum Gasteiger partial charge on any atom is -0.384 e. The lowest BCUT2D eigenvalue weighted by molar-refractivity contribution is 0.219. The zero-order valence-corrected chi connectivity index (χ0v) is 9.73. The standard InChI is InChI=1S/C15H15FO/c1-2-11-5-3-4-6-14(11)15(17)12-7-9-13(16)10-8-12/h3-10,15,17H,2H2,1H3. The molecule has 0 aromatic heterocycles. The summed E-state index contributed by atoms with van der Waals surface area (Å²) in [4.78, 5) is 0. The van der Waals surface area contributed by atoms with Crippen LogP contribution in [0.4, 0.5) is 4.39 Å². The Morgan fingerprint density at radius 2 is 1.71 bits per heavy atom. The molecule has 0 aliphatic heterocycles. The molecule has 1 nitrogen and oxygen atoms in total. The van der Waals surface area contributed by atoms with E-state index in [1.807, 2.05) is 24.3 Å². The van der Waals surface area contributed by atoms with Crippen molar-refractivity contribution >= 4 is 0 Å². The van der Waals surface area contributed by atoms with Crippen molar-refractivity contribution in [3.63, 3.8) is 0 Å². The Labute approximate surface area is 101 Å². The van der Waals surface area contributed by atoms with Gasteiger partial charge in [-0.1, -0.05) is 43.3 Å². The zero-order chi connectivity index (χ0) is 12.3. The maximum absolute atomic E-state index is 12.8. The van der Waals surface area contributed by atoms with Gasteiger partial charge in [0.1, 0.15) is 11.9 Å². The summed E-state index contributed by atoms with van der Waals surface area (Å²) in [6, 6.07) is 13.7. The summed E-state index contributed by atoms with van der Waals surface area (Å²) in [5.74, 6) is -0.287. The van der Waals surface area contributed by atoms with Gasteiger partial charge in [-0.2, -0.15) is 0 Å². The predicted octanol–water partition coefficient (Wildman–Crippen LogP) is 3.47. The van der Waals surface area contributed by atoms with E-state index in [1.165, 1.54) is 12.1 Å². The number of benzene rings is 2. The summed E-state index contributed by atoms with van der Waals surface area (Å²) in [7, 11) is 0. The molecule has 2 rings (SSSR count). The van der Waals surface area contributed by atoms with E-state index in [0.717, 1.165) is 17.5 Å². The molecule has 2 heteroatoms. The van der Waals surface area contributed by atoms with Gasteiger partial charge in [0.05, 0.1) is 0 Å². The zero-order valence-electron chi connectivity index (χ0n) is 9.73. The molecule has 0 aliphatic rings. The molecule has 0 saturated carbocycles. The highest BCUT2D eigenvalue weighted by atomic mass is 19.1. The van der Waals surface area contributed by atoms with Gasteiger partial charge in [-0.05, 0) is 35.2 Å². The first kappa shape index (κ1) is 11.8. The third-order valence-corrected chi connectivity index (χ3v) is 2.92. The number of hydrogen-bond donors (Lipinski definition) is 1. The first-order valence-corrected chi connectivity index (χ1v) is 5.73. The minimum absolute atomic E-state index is 0.287. The molecular formula is C15H15FO. The van der Waals surface area contributed by atoms with Gasteiger partial charge in [0, 0.05) is 0 Å². The number of halogens is 1. The Kier molecular flexibility index (Phi) is 3.55.